The number of ether oxygens (including phenoxy) is 1. The maximum absolute atomic E-state index is 12.6. The first-order valence-corrected chi connectivity index (χ1v) is 12.0. The number of nitrogens with one attached hydrogen (secondary N) is 2. The second-order valence-electron chi connectivity index (χ2n) is 8.86. The second-order valence-corrected chi connectivity index (χ2v) is 8.86. The zero-order valence-corrected chi connectivity index (χ0v) is 19.5. The van der Waals surface area contributed by atoms with Crippen LogP contribution in [0.15, 0.2) is 35.3 Å². The van der Waals surface area contributed by atoms with Gasteiger partial charge in [0.2, 0.25) is 11.9 Å². The summed E-state index contributed by atoms with van der Waals surface area (Å²) in [5.74, 6) is 1.41. The lowest BCUT2D eigenvalue weighted by molar-refractivity contribution is -0.116. The number of rotatable bonds is 6. The number of morpholine rings is 1. The molecule has 9 nitrogen and oxygen atoms in total. The van der Waals surface area contributed by atoms with Gasteiger partial charge in [-0.1, -0.05) is 0 Å². The number of amides is 1. The van der Waals surface area contributed by atoms with Crippen LogP contribution in [-0.4, -0.2) is 51.7 Å². The van der Waals surface area contributed by atoms with Gasteiger partial charge < -0.3 is 19.5 Å². The lowest BCUT2D eigenvalue weighted by Gasteiger charge is -2.27. The fourth-order valence-electron chi connectivity index (χ4n) is 4.65. The Hall–Kier alpha value is -3.46. The summed E-state index contributed by atoms with van der Waals surface area (Å²) in [4.78, 5) is 39.2. The molecule has 0 radical (unpaired) electrons. The van der Waals surface area contributed by atoms with E-state index in [0.29, 0.717) is 49.9 Å². The molecule has 178 valence electrons. The lowest BCUT2D eigenvalue weighted by Crippen LogP contribution is -2.38. The summed E-state index contributed by atoms with van der Waals surface area (Å²) in [6, 6.07) is 7.77. The summed E-state index contributed by atoms with van der Waals surface area (Å²) in [5.41, 5.74) is 4.08. The number of H-pyrrole nitrogens is 1. The molecule has 0 saturated carbocycles. The highest BCUT2D eigenvalue weighted by Crippen LogP contribution is 2.25. The van der Waals surface area contributed by atoms with Crippen molar-refractivity contribution < 1.29 is 9.53 Å². The minimum absolute atomic E-state index is 0.137. The van der Waals surface area contributed by atoms with Crippen LogP contribution < -0.4 is 15.8 Å². The van der Waals surface area contributed by atoms with Crippen molar-refractivity contribution in [3.8, 4) is 11.4 Å². The van der Waals surface area contributed by atoms with Gasteiger partial charge in [0.1, 0.15) is 5.82 Å². The number of carbonyl (C=O) groups is 1. The summed E-state index contributed by atoms with van der Waals surface area (Å²) >= 11 is 0. The van der Waals surface area contributed by atoms with Crippen LogP contribution in [0.3, 0.4) is 0 Å². The van der Waals surface area contributed by atoms with Crippen molar-refractivity contribution >= 4 is 17.5 Å². The third-order valence-corrected chi connectivity index (χ3v) is 6.55. The van der Waals surface area contributed by atoms with Crippen molar-refractivity contribution in [3.05, 3.63) is 57.8 Å². The molecule has 2 aliphatic rings. The molecule has 0 unspecified atom stereocenters. The fourth-order valence-corrected chi connectivity index (χ4v) is 4.65. The molecule has 2 aliphatic heterocycles. The van der Waals surface area contributed by atoms with Gasteiger partial charge in [0.25, 0.3) is 5.56 Å². The highest BCUT2D eigenvalue weighted by atomic mass is 16.5. The molecule has 34 heavy (non-hydrogen) atoms. The first kappa shape index (κ1) is 22.3. The van der Waals surface area contributed by atoms with E-state index >= 15 is 0 Å². The first-order valence-electron chi connectivity index (χ1n) is 12.0. The molecule has 9 heteroatoms. The van der Waals surface area contributed by atoms with E-state index in [2.05, 4.69) is 24.8 Å². The Bertz CT molecular complexity index is 1220. The Kier molecular flexibility index (Phi) is 6.44. The molecule has 0 atom stereocenters. The number of anilines is 2. The predicted octanol–water partition coefficient (Wildman–Crippen LogP) is 2.69. The smallest absolute Gasteiger partial charge is 0.255 e. The molecule has 2 N–H and O–H groups in total. The number of imidazole rings is 1. The molecule has 0 bridgehead atoms. The molecular weight excluding hydrogens is 432 g/mol. The largest absolute Gasteiger partial charge is 0.378 e. The minimum Gasteiger partial charge on any atom is -0.378 e. The summed E-state index contributed by atoms with van der Waals surface area (Å²) in [6.45, 7) is 5.47. The third kappa shape index (κ3) is 4.75. The number of aromatic nitrogens is 4. The van der Waals surface area contributed by atoms with Gasteiger partial charge in [-0.15, -0.1) is 0 Å². The standard InChI is InChI=1S/C25H30N6O3/c1-17-21(24(33)29-25(27-17)30-12-14-34-15-13-30)9-10-22(32)28-19-7-5-18(6-8-19)23-26-16-20-4-2-3-11-31(20)23/h5-8,16H,2-4,9-15H2,1H3,(H,28,32)(H,27,29,33). The highest BCUT2D eigenvalue weighted by molar-refractivity contribution is 5.91. The SMILES string of the molecule is Cc1nc(N2CCOCC2)[nH]c(=O)c1CCC(=O)Nc1ccc(-c2ncc3n2CCCC3)cc1. The molecule has 1 amide bonds. The maximum atomic E-state index is 12.6. The Morgan fingerprint density at radius 2 is 1.94 bits per heavy atom. The Balaban J connectivity index is 1.20. The van der Waals surface area contributed by atoms with Gasteiger partial charge in [0.05, 0.1) is 13.2 Å². The Labute approximate surface area is 198 Å². The van der Waals surface area contributed by atoms with Crippen LogP contribution >= 0.6 is 0 Å². The monoisotopic (exact) mass is 462 g/mol. The molecule has 1 saturated heterocycles. The van der Waals surface area contributed by atoms with E-state index < -0.39 is 0 Å². The molecule has 2 aromatic heterocycles. The molecule has 1 fully saturated rings. The molecule has 3 aromatic rings. The third-order valence-electron chi connectivity index (χ3n) is 6.55. The molecule has 0 aliphatic carbocycles. The number of aromatic amines is 1. The molecule has 5 rings (SSSR count). The van der Waals surface area contributed by atoms with Crippen molar-refractivity contribution in [2.45, 2.75) is 45.6 Å². The molecule has 0 spiro atoms. The fraction of sp³-hybridized carbons (Fsp3) is 0.440. The van der Waals surface area contributed by atoms with Gasteiger partial charge in [-0.25, -0.2) is 9.97 Å². The number of benzene rings is 1. The van der Waals surface area contributed by atoms with Crippen molar-refractivity contribution in [2.24, 2.45) is 0 Å². The molecule has 4 heterocycles. The van der Waals surface area contributed by atoms with Gasteiger partial charge in [-0.05, 0) is 56.9 Å². The van der Waals surface area contributed by atoms with Gasteiger partial charge in [0.15, 0.2) is 0 Å². The average molecular weight is 463 g/mol. The Morgan fingerprint density at radius 1 is 1.15 bits per heavy atom. The molecular formula is C25H30N6O3. The quantitative estimate of drug-likeness (QED) is 0.584. The molecule has 1 aromatic carbocycles. The van der Waals surface area contributed by atoms with Crippen LogP contribution in [0.25, 0.3) is 11.4 Å². The summed E-state index contributed by atoms with van der Waals surface area (Å²) in [6.07, 6.45) is 5.98. The van der Waals surface area contributed by atoms with Crippen LogP contribution in [0.1, 0.15) is 36.2 Å². The zero-order valence-electron chi connectivity index (χ0n) is 19.5. The zero-order chi connectivity index (χ0) is 23.5. The second kappa shape index (κ2) is 9.80. The van der Waals surface area contributed by atoms with Gasteiger partial charge >= 0.3 is 0 Å². The summed E-state index contributed by atoms with van der Waals surface area (Å²) in [7, 11) is 0. The number of aryl methyl sites for hydroxylation is 2. The van der Waals surface area contributed by atoms with E-state index in [1.807, 2.05) is 42.3 Å². The normalized spacial score (nSPS) is 15.7. The van der Waals surface area contributed by atoms with Crippen molar-refractivity contribution in [3.63, 3.8) is 0 Å². The summed E-state index contributed by atoms with van der Waals surface area (Å²) in [5, 5.41) is 2.93. The number of hydrogen-bond acceptors (Lipinski definition) is 6. The first-order chi connectivity index (χ1) is 16.6. The van der Waals surface area contributed by atoms with Crippen molar-refractivity contribution in [1.29, 1.82) is 0 Å². The van der Waals surface area contributed by atoms with E-state index in [4.69, 9.17) is 4.74 Å². The number of carbonyl (C=O) groups excluding carboxylic acids is 1. The van der Waals surface area contributed by atoms with Crippen LogP contribution in [-0.2, 0) is 28.9 Å². The van der Waals surface area contributed by atoms with E-state index in [9.17, 15) is 9.59 Å². The van der Waals surface area contributed by atoms with Gasteiger partial charge in [-0.3, -0.25) is 14.6 Å². The topological polar surface area (TPSA) is 105 Å². The van der Waals surface area contributed by atoms with Crippen LogP contribution in [0, 0.1) is 6.92 Å². The van der Waals surface area contributed by atoms with Crippen molar-refractivity contribution in [2.75, 3.05) is 36.5 Å². The van der Waals surface area contributed by atoms with E-state index in [1.54, 1.807) is 0 Å². The summed E-state index contributed by atoms with van der Waals surface area (Å²) < 4.78 is 7.64. The van der Waals surface area contributed by atoms with Gasteiger partial charge in [-0.2, -0.15) is 0 Å². The van der Waals surface area contributed by atoms with E-state index in [1.165, 1.54) is 18.5 Å². The predicted molar refractivity (Wildman–Crippen MR) is 130 cm³/mol. The highest BCUT2D eigenvalue weighted by Gasteiger charge is 2.18. The maximum Gasteiger partial charge on any atom is 0.255 e. The van der Waals surface area contributed by atoms with Gasteiger partial charge in [0, 0.05) is 60.5 Å². The lowest BCUT2D eigenvalue weighted by atomic mass is 10.1. The van der Waals surface area contributed by atoms with Crippen LogP contribution in [0.5, 0.6) is 0 Å². The minimum atomic E-state index is -0.186. The number of nitrogens with zero attached hydrogens (tertiary/aromatic N) is 4. The Morgan fingerprint density at radius 3 is 2.71 bits per heavy atom. The van der Waals surface area contributed by atoms with Crippen LogP contribution in [0.4, 0.5) is 11.6 Å². The van der Waals surface area contributed by atoms with Crippen molar-refractivity contribution in [1.82, 2.24) is 19.5 Å². The average Bonchev–Trinajstić information content (AvgIpc) is 3.29. The van der Waals surface area contributed by atoms with Crippen LogP contribution in [0.2, 0.25) is 0 Å². The van der Waals surface area contributed by atoms with E-state index in [-0.39, 0.29) is 17.9 Å². The number of hydrogen-bond donors (Lipinski definition) is 2. The van der Waals surface area contributed by atoms with E-state index in [0.717, 1.165) is 30.0 Å². The number of fused-ring (bicyclic) bond motifs is 1.